The Hall–Kier alpha value is -2.76. The summed E-state index contributed by atoms with van der Waals surface area (Å²) in [4.78, 5) is 10.4. The van der Waals surface area contributed by atoms with Crippen LogP contribution < -0.4 is 4.74 Å². The third-order valence-electron chi connectivity index (χ3n) is 4.69. The molecule has 1 saturated heterocycles. The van der Waals surface area contributed by atoms with Crippen molar-refractivity contribution in [3.63, 3.8) is 0 Å². The fourth-order valence-electron chi connectivity index (χ4n) is 3.40. The number of aromatic nitrogens is 2. The zero-order valence-electron chi connectivity index (χ0n) is 14.5. The quantitative estimate of drug-likeness (QED) is 0.767. The van der Waals surface area contributed by atoms with Gasteiger partial charge in [-0.15, -0.1) is 0 Å². The van der Waals surface area contributed by atoms with E-state index in [0.717, 1.165) is 30.6 Å². The molecule has 4 rings (SSSR count). The third kappa shape index (κ3) is 3.74. The van der Waals surface area contributed by atoms with E-state index in [1.165, 1.54) is 0 Å². The molecule has 0 amide bonds. The number of benzene rings is 2. The van der Waals surface area contributed by atoms with Gasteiger partial charge >= 0.3 is 6.01 Å². The van der Waals surface area contributed by atoms with Gasteiger partial charge in [0.25, 0.3) is 0 Å². The highest BCUT2D eigenvalue weighted by atomic mass is 16.5. The Morgan fingerprint density at radius 2 is 1.81 bits per heavy atom. The van der Waals surface area contributed by atoms with E-state index >= 15 is 0 Å². The van der Waals surface area contributed by atoms with Gasteiger partial charge < -0.3 is 9.84 Å². The third-order valence-corrected chi connectivity index (χ3v) is 4.69. The summed E-state index contributed by atoms with van der Waals surface area (Å²) in [5.41, 5.74) is 1.35. The van der Waals surface area contributed by atoms with Gasteiger partial charge in [0.05, 0.1) is 0 Å². The number of ether oxygens (including phenoxy) is 1. The molecule has 132 valence electrons. The van der Waals surface area contributed by atoms with E-state index in [1.54, 1.807) is 18.5 Å². The van der Waals surface area contributed by atoms with Crippen molar-refractivity contribution >= 4 is 0 Å². The molecular weight excluding hydrogens is 326 g/mol. The van der Waals surface area contributed by atoms with Gasteiger partial charge in [-0.2, -0.15) is 0 Å². The number of rotatable bonds is 5. The van der Waals surface area contributed by atoms with Crippen molar-refractivity contribution in [1.82, 2.24) is 14.9 Å². The van der Waals surface area contributed by atoms with Gasteiger partial charge in [-0.25, -0.2) is 9.97 Å². The van der Waals surface area contributed by atoms with Crippen LogP contribution in [0, 0.1) is 0 Å². The summed E-state index contributed by atoms with van der Waals surface area (Å²) in [7, 11) is 0. The normalized spacial score (nSPS) is 20.2. The first-order chi connectivity index (χ1) is 12.7. The first kappa shape index (κ1) is 16.7. The zero-order valence-corrected chi connectivity index (χ0v) is 14.5. The molecule has 0 radical (unpaired) electrons. The summed E-state index contributed by atoms with van der Waals surface area (Å²) in [5, 5.41) is 11.0. The van der Waals surface area contributed by atoms with Crippen LogP contribution in [0.25, 0.3) is 0 Å². The molecule has 3 aromatic rings. The molecule has 2 heterocycles. The van der Waals surface area contributed by atoms with Crippen molar-refractivity contribution < 1.29 is 9.84 Å². The molecule has 26 heavy (non-hydrogen) atoms. The predicted molar refractivity (Wildman–Crippen MR) is 98.8 cm³/mol. The van der Waals surface area contributed by atoms with Gasteiger partial charge in [0.2, 0.25) is 0 Å². The molecule has 0 aliphatic carbocycles. The van der Waals surface area contributed by atoms with E-state index in [2.05, 4.69) is 20.9 Å². The Balaban J connectivity index is 1.43. The number of hydrogen-bond donors (Lipinski definition) is 1. The van der Waals surface area contributed by atoms with Crippen molar-refractivity contribution in [2.75, 3.05) is 13.1 Å². The second-order valence-corrected chi connectivity index (χ2v) is 6.64. The van der Waals surface area contributed by atoms with Crippen LogP contribution in [0.15, 0.2) is 73.1 Å². The molecule has 1 unspecified atom stereocenters. The molecule has 2 aromatic carbocycles. The van der Waals surface area contributed by atoms with Crippen LogP contribution in [0.2, 0.25) is 0 Å². The highest BCUT2D eigenvalue weighted by molar-refractivity contribution is 5.31. The van der Waals surface area contributed by atoms with Crippen LogP contribution in [0.4, 0.5) is 0 Å². The minimum Gasteiger partial charge on any atom is -0.424 e. The van der Waals surface area contributed by atoms with Gasteiger partial charge in [0.1, 0.15) is 11.4 Å². The maximum Gasteiger partial charge on any atom is 0.321 e. The van der Waals surface area contributed by atoms with Crippen LogP contribution in [0.1, 0.15) is 17.5 Å². The fourth-order valence-corrected chi connectivity index (χ4v) is 3.40. The Morgan fingerprint density at radius 3 is 2.62 bits per heavy atom. The lowest BCUT2D eigenvalue weighted by atomic mass is 9.93. The fraction of sp³-hybridized carbons (Fsp3) is 0.238. The molecule has 5 nitrogen and oxygen atoms in total. The largest absolute Gasteiger partial charge is 0.424 e. The standard InChI is InChI=1S/C21H21N3O2/c25-21(18-7-2-1-3-8-18)10-13-24(16-21)15-17-6-4-9-19(14-17)26-20-22-11-5-12-23-20/h1-9,11-12,14,25H,10,13,15-16H2. The summed E-state index contributed by atoms with van der Waals surface area (Å²) in [6, 6.07) is 19.9. The maximum absolute atomic E-state index is 11.0. The van der Waals surface area contributed by atoms with E-state index < -0.39 is 5.60 Å². The first-order valence-electron chi connectivity index (χ1n) is 8.75. The molecule has 1 N–H and O–H groups in total. The van der Waals surface area contributed by atoms with Crippen LogP contribution in [0.3, 0.4) is 0 Å². The number of β-amino-alcohol motifs (C(OH)–C–C–N with tert-alkyl or cyclic N) is 1. The van der Waals surface area contributed by atoms with Crippen LogP contribution >= 0.6 is 0 Å². The van der Waals surface area contributed by atoms with E-state index in [-0.39, 0.29) is 0 Å². The van der Waals surface area contributed by atoms with Crippen molar-refractivity contribution in [2.45, 2.75) is 18.6 Å². The monoisotopic (exact) mass is 347 g/mol. The lowest BCUT2D eigenvalue weighted by Crippen LogP contribution is -2.30. The lowest BCUT2D eigenvalue weighted by molar-refractivity contribution is 0.0453. The molecule has 5 heteroatoms. The Kier molecular flexibility index (Phi) is 4.65. The van der Waals surface area contributed by atoms with Gasteiger partial charge in [-0.3, -0.25) is 4.90 Å². The minimum atomic E-state index is -0.771. The van der Waals surface area contributed by atoms with E-state index in [9.17, 15) is 5.11 Å². The Labute approximate surface area is 152 Å². The number of aliphatic hydroxyl groups is 1. The highest BCUT2D eigenvalue weighted by Crippen LogP contribution is 2.32. The summed E-state index contributed by atoms with van der Waals surface area (Å²) in [5.74, 6) is 0.714. The van der Waals surface area contributed by atoms with Gasteiger partial charge in [0.15, 0.2) is 0 Å². The second kappa shape index (κ2) is 7.23. The van der Waals surface area contributed by atoms with E-state index in [4.69, 9.17) is 4.74 Å². The molecule has 1 aliphatic heterocycles. The topological polar surface area (TPSA) is 58.5 Å². The molecule has 1 aliphatic rings. The molecule has 1 aromatic heterocycles. The predicted octanol–water partition coefficient (Wildman–Crippen LogP) is 3.36. The molecule has 0 spiro atoms. The van der Waals surface area contributed by atoms with E-state index in [1.807, 2.05) is 48.5 Å². The zero-order chi connectivity index (χ0) is 17.8. The van der Waals surface area contributed by atoms with E-state index in [0.29, 0.717) is 18.3 Å². The van der Waals surface area contributed by atoms with Crippen molar-refractivity contribution in [3.8, 4) is 11.8 Å². The molecule has 0 saturated carbocycles. The highest BCUT2D eigenvalue weighted by Gasteiger charge is 2.37. The van der Waals surface area contributed by atoms with Gasteiger partial charge in [0, 0.05) is 32.0 Å². The summed E-state index contributed by atoms with van der Waals surface area (Å²) in [6.45, 7) is 2.25. The molecule has 0 bridgehead atoms. The summed E-state index contributed by atoms with van der Waals surface area (Å²) >= 11 is 0. The summed E-state index contributed by atoms with van der Waals surface area (Å²) in [6.07, 6.45) is 4.05. The number of hydrogen-bond acceptors (Lipinski definition) is 5. The SMILES string of the molecule is OC1(c2ccccc2)CCN(Cc2cccc(Oc3ncccn3)c2)C1. The average Bonchev–Trinajstić information content (AvgIpc) is 3.06. The molecule has 1 fully saturated rings. The second-order valence-electron chi connectivity index (χ2n) is 6.64. The summed E-state index contributed by atoms with van der Waals surface area (Å²) < 4.78 is 5.70. The lowest BCUT2D eigenvalue weighted by Gasteiger charge is -2.24. The average molecular weight is 347 g/mol. The van der Waals surface area contributed by atoms with Crippen LogP contribution in [-0.2, 0) is 12.1 Å². The van der Waals surface area contributed by atoms with Crippen molar-refractivity contribution in [2.24, 2.45) is 0 Å². The number of likely N-dealkylation sites (tertiary alicyclic amines) is 1. The maximum atomic E-state index is 11.0. The molecular formula is C21H21N3O2. The van der Waals surface area contributed by atoms with Crippen molar-refractivity contribution in [3.05, 3.63) is 84.2 Å². The minimum absolute atomic E-state index is 0.337. The van der Waals surface area contributed by atoms with Gasteiger partial charge in [-0.05, 0) is 35.7 Å². The van der Waals surface area contributed by atoms with Crippen LogP contribution in [-0.4, -0.2) is 33.1 Å². The Morgan fingerprint density at radius 1 is 1.00 bits per heavy atom. The first-order valence-corrected chi connectivity index (χ1v) is 8.75. The van der Waals surface area contributed by atoms with Gasteiger partial charge in [-0.1, -0.05) is 42.5 Å². The van der Waals surface area contributed by atoms with Crippen molar-refractivity contribution in [1.29, 1.82) is 0 Å². The Bertz CT molecular complexity index is 857. The smallest absolute Gasteiger partial charge is 0.321 e. The van der Waals surface area contributed by atoms with Crippen LogP contribution in [0.5, 0.6) is 11.8 Å². The number of nitrogens with zero attached hydrogens (tertiary/aromatic N) is 3. The molecule has 1 atom stereocenters.